The van der Waals surface area contributed by atoms with Crippen LogP contribution in [0.5, 0.6) is 0 Å². The van der Waals surface area contributed by atoms with E-state index in [-0.39, 0.29) is 17.3 Å². The first-order valence-corrected chi connectivity index (χ1v) is 12.4. The van der Waals surface area contributed by atoms with Crippen LogP contribution < -0.4 is 11.0 Å². The molecule has 0 bridgehead atoms. The van der Waals surface area contributed by atoms with Gasteiger partial charge in [-0.05, 0) is 51.2 Å². The molecule has 1 aromatic heterocycles. The van der Waals surface area contributed by atoms with Gasteiger partial charge >= 0.3 is 5.69 Å². The minimum absolute atomic E-state index is 0.0785. The van der Waals surface area contributed by atoms with Crippen LogP contribution in [0, 0.1) is 13.8 Å². The number of hydrogen-bond donors (Lipinski definition) is 1. The van der Waals surface area contributed by atoms with E-state index in [2.05, 4.69) is 21.3 Å². The molecule has 1 fully saturated rings. The maximum absolute atomic E-state index is 12.8. The number of nitrogens with zero attached hydrogens (tertiary/aromatic N) is 3. The molecule has 8 heteroatoms. The number of ether oxygens (including phenoxy) is 1. The number of aryl methyl sites for hydroxylation is 2. The molecule has 1 aliphatic heterocycles. The van der Waals surface area contributed by atoms with Crippen LogP contribution in [0.4, 0.5) is 5.69 Å². The molecule has 172 valence electrons. The summed E-state index contributed by atoms with van der Waals surface area (Å²) >= 11 is 1.37. The van der Waals surface area contributed by atoms with Crippen molar-refractivity contribution in [3.63, 3.8) is 0 Å². The molecule has 4 rings (SSSR count). The van der Waals surface area contributed by atoms with Crippen LogP contribution >= 0.6 is 11.8 Å². The van der Waals surface area contributed by atoms with Crippen LogP contribution in [0.1, 0.15) is 35.2 Å². The van der Waals surface area contributed by atoms with Crippen molar-refractivity contribution in [2.75, 3.05) is 43.9 Å². The van der Waals surface area contributed by atoms with Gasteiger partial charge in [0, 0.05) is 43.1 Å². The summed E-state index contributed by atoms with van der Waals surface area (Å²) in [6.45, 7) is 9.20. The van der Waals surface area contributed by atoms with Crippen LogP contribution in [0.3, 0.4) is 0 Å². The summed E-state index contributed by atoms with van der Waals surface area (Å²) in [6, 6.07) is 5.97. The molecule has 1 amide bonds. The van der Waals surface area contributed by atoms with Gasteiger partial charge in [0.2, 0.25) is 5.91 Å². The number of rotatable bonds is 8. The third kappa shape index (κ3) is 5.60. The summed E-state index contributed by atoms with van der Waals surface area (Å²) in [5.41, 5.74) is 5.12. The first kappa shape index (κ1) is 23.0. The Bertz CT molecular complexity index is 1030. The Kier molecular flexibility index (Phi) is 7.65. The third-order valence-electron chi connectivity index (χ3n) is 6.16. The zero-order valence-electron chi connectivity index (χ0n) is 19.0. The number of carbonyl (C=O) groups excluding carboxylic acids is 1. The fraction of sp³-hybridized carbons (Fsp3) is 0.542. The molecule has 0 saturated carbocycles. The minimum atomic E-state index is -0.190. The average molecular weight is 457 g/mol. The molecular formula is C24H32N4O3S. The van der Waals surface area contributed by atoms with Gasteiger partial charge in [-0.15, -0.1) is 0 Å². The van der Waals surface area contributed by atoms with Crippen molar-refractivity contribution in [1.82, 2.24) is 14.5 Å². The second-order valence-corrected chi connectivity index (χ2v) is 9.56. The second kappa shape index (κ2) is 10.6. The van der Waals surface area contributed by atoms with E-state index in [1.54, 1.807) is 0 Å². The maximum atomic E-state index is 12.8. The quantitative estimate of drug-likeness (QED) is 0.486. The van der Waals surface area contributed by atoms with E-state index in [0.717, 1.165) is 86.1 Å². The number of aromatic nitrogens is 2. The number of carbonyl (C=O) groups is 1. The van der Waals surface area contributed by atoms with Gasteiger partial charge in [0.05, 0.1) is 19.0 Å². The summed E-state index contributed by atoms with van der Waals surface area (Å²) in [6.07, 6.45) is 3.80. The molecule has 0 atom stereocenters. The van der Waals surface area contributed by atoms with Crippen molar-refractivity contribution < 1.29 is 9.53 Å². The highest BCUT2D eigenvalue weighted by Gasteiger charge is 2.22. The van der Waals surface area contributed by atoms with Crippen LogP contribution in [0.15, 0.2) is 28.0 Å². The zero-order chi connectivity index (χ0) is 22.5. The first-order chi connectivity index (χ1) is 15.5. The minimum Gasteiger partial charge on any atom is -0.379 e. The van der Waals surface area contributed by atoms with Gasteiger partial charge in [-0.25, -0.2) is 4.79 Å². The molecule has 1 aromatic carbocycles. The van der Waals surface area contributed by atoms with E-state index in [9.17, 15) is 9.59 Å². The van der Waals surface area contributed by atoms with Crippen LogP contribution in [0.2, 0.25) is 0 Å². The van der Waals surface area contributed by atoms with E-state index in [0.29, 0.717) is 6.54 Å². The Morgan fingerprint density at radius 1 is 1.19 bits per heavy atom. The molecule has 0 unspecified atom stereocenters. The lowest BCUT2D eigenvalue weighted by Crippen LogP contribution is -2.37. The van der Waals surface area contributed by atoms with E-state index in [4.69, 9.17) is 4.74 Å². The highest BCUT2D eigenvalue weighted by molar-refractivity contribution is 8.00. The lowest BCUT2D eigenvalue weighted by Gasteiger charge is -2.26. The Morgan fingerprint density at radius 3 is 2.78 bits per heavy atom. The number of morpholine rings is 1. The fourth-order valence-electron chi connectivity index (χ4n) is 4.49. The normalized spacial score (nSPS) is 16.2. The third-order valence-corrected chi connectivity index (χ3v) is 7.17. The Labute approximate surface area is 193 Å². The topological polar surface area (TPSA) is 76.5 Å². The van der Waals surface area contributed by atoms with Gasteiger partial charge < -0.3 is 10.1 Å². The number of fused-ring (bicyclic) bond motifs is 1. The standard InChI is InChI=1S/C24H32N4O3S/c1-17-7-8-20(18(2)15-17)25-22(29)16-32-23-19-5-3-6-21(19)28(24(30)26-23)10-4-9-27-11-13-31-14-12-27/h7-8,15H,3-6,9-14,16H2,1-2H3,(H,25,29). The number of nitrogens with one attached hydrogen (secondary N) is 1. The Hall–Kier alpha value is -2.16. The molecule has 2 aliphatic rings. The van der Waals surface area contributed by atoms with Crippen LogP contribution in [-0.2, 0) is 28.9 Å². The number of benzene rings is 1. The van der Waals surface area contributed by atoms with Gasteiger partial charge in [-0.3, -0.25) is 14.3 Å². The van der Waals surface area contributed by atoms with Crippen molar-refractivity contribution in [3.8, 4) is 0 Å². The van der Waals surface area contributed by atoms with E-state index < -0.39 is 0 Å². The molecule has 1 aliphatic carbocycles. The largest absolute Gasteiger partial charge is 0.379 e. The summed E-state index contributed by atoms with van der Waals surface area (Å²) in [5.74, 6) is 0.165. The monoisotopic (exact) mass is 456 g/mol. The number of thioether (sulfide) groups is 1. The Morgan fingerprint density at radius 2 is 2.00 bits per heavy atom. The first-order valence-electron chi connectivity index (χ1n) is 11.4. The van der Waals surface area contributed by atoms with E-state index in [1.165, 1.54) is 17.3 Å². The van der Waals surface area contributed by atoms with Gasteiger partial charge in [0.25, 0.3) is 0 Å². The SMILES string of the molecule is Cc1ccc(NC(=O)CSc2nc(=O)n(CCCN3CCOCC3)c3c2CCC3)c(C)c1. The van der Waals surface area contributed by atoms with Crippen molar-refractivity contribution in [2.24, 2.45) is 0 Å². The predicted octanol–water partition coefficient (Wildman–Crippen LogP) is 2.80. The fourth-order valence-corrected chi connectivity index (χ4v) is 5.36. The lowest BCUT2D eigenvalue weighted by molar-refractivity contribution is -0.113. The second-order valence-electron chi connectivity index (χ2n) is 8.59. The molecule has 0 spiro atoms. The van der Waals surface area contributed by atoms with Gasteiger partial charge in [-0.1, -0.05) is 29.5 Å². The Balaban J connectivity index is 1.38. The van der Waals surface area contributed by atoms with E-state index in [1.807, 2.05) is 30.5 Å². The summed E-state index contributed by atoms with van der Waals surface area (Å²) in [7, 11) is 0. The lowest BCUT2D eigenvalue weighted by atomic mass is 10.1. The molecular weight excluding hydrogens is 424 g/mol. The van der Waals surface area contributed by atoms with Gasteiger partial charge in [0.15, 0.2) is 0 Å². The smallest absolute Gasteiger partial charge is 0.348 e. The molecule has 2 aromatic rings. The molecule has 2 heterocycles. The summed E-state index contributed by atoms with van der Waals surface area (Å²) in [4.78, 5) is 32.1. The molecule has 7 nitrogen and oxygen atoms in total. The van der Waals surface area contributed by atoms with Gasteiger partial charge in [-0.2, -0.15) is 4.98 Å². The van der Waals surface area contributed by atoms with Crippen molar-refractivity contribution in [3.05, 3.63) is 51.1 Å². The number of hydrogen-bond acceptors (Lipinski definition) is 6. The van der Waals surface area contributed by atoms with Crippen molar-refractivity contribution >= 4 is 23.4 Å². The summed E-state index contributed by atoms with van der Waals surface area (Å²) in [5, 5.41) is 3.70. The molecule has 1 saturated heterocycles. The summed E-state index contributed by atoms with van der Waals surface area (Å²) < 4.78 is 7.27. The zero-order valence-corrected chi connectivity index (χ0v) is 19.8. The van der Waals surface area contributed by atoms with Crippen LogP contribution in [-0.4, -0.2) is 59.0 Å². The highest BCUT2D eigenvalue weighted by atomic mass is 32.2. The number of amides is 1. The van der Waals surface area contributed by atoms with Gasteiger partial charge in [0.1, 0.15) is 5.03 Å². The van der Waals surface area contributed by atoms with Crippen molar-refractivity contribution in [1.29, 1.82) is 0 Å². The van der Waals surface area contributed by atoms with Crippen molar-refractivity contribution in [2.45, 2.75) is 51.1 Å². The maximum Gasteiger partial charge on any atom is 0.348 e. The average Bonchev–Trinajstić information content (AvgIpc) is 3.26. The molecule has 0 radical (unpaired) electrons. The van der Waals surface area contributed by atoms with Crippen LogP contribution in [0.25, 0.3) is 0 Å². The highest BCUT2D eigenvalue weighted by Crippen LogP contribution is 2.29. The van der Waals surface area contributed by atoms with E-state index >= 15 is 0 Å². The predicted molar refractivity (Wildman–Crippen MR) is 128 cm³/mol. The molecule has 1 N–H and O–H groups in total. The number of anilines is 1. The molecule has 32 heavy (non-hydrogen) atoms.